The van der Waals surface area contributed by atoms with Crippen molar-refractivity contribution in [3.8, 4) is 0 Å². The maximum Gasteiger partial charge on any atom is 0.108 e. The molecule has 3 heteroatoms. The lowest BCUT2D eigenvalue weighted by Gasteiger charge is -2.21. The molecule has 0 amide bonds. The van der Waals surface area contributed by atoms with Crippen molar-refractivity contribution in [2.75, 3.05) is 6.54 Å². The molecule has 1 aliphatic carbocycles. The Morgan fingerprint density at radius 1 is 1.57 bits per heavy atom. The van der Waals surface area contributed by atoms with Crippen LogP contribution in [0.15, 0.2) is 0 Å². The first-order chi connectivity index (χ1) is 6.77. The van der Waals surface area contributed by atoms with Crippen molar-refractivity contribution in [1.29, 1.82) is 0 Å². The van der Waals surface area contributed by atoms with Crippen LogP contribution in [-0.4, -0.2) is 16.1 Å². The number of nitrogens with two attached hydrogens (primary N) is 1. The molecular formula is C11H19N3. The molecule has 1 heterocycles. The van der Waals surface area contributed by atoms with E-state index in [-0.39, 0.29) is 0 Å². The van der Waals surface area contributed by atoms with Crippen LogP contribution in [0.5, 0.6) is 0 Å². The number of hydrogen-bond donors (Lipinski definition) is 1. The lowest BCUT2D eigenvalue weighted by molar-refractivity contribution is 0.526. The zero-order valence-electron chi connectivity index (χ0n) is 9.08. The molecule has 1 aromatic heterocycles. The van der Waals surface area contributed by atoms with Crippen molar-refractivity contribution in [3.63, 3.8) is 0 Å². The van der Waals surface area contributed by atoms with Crippen LogP contribution in [0.25, 0.3) is 0 Å². The molecule has 0 aromatic carbocycles. The largest absolute Gasteiger partial charge is 0.335 e. The van der Waals surface area contributed by atoms with Crippen molar-refractivity contribution in [2.45, 2.75) is 38.5 Å². The summed E-state index contributed by atoms with van der Waals surface area (Å²) in [6.07, 6.45) is 4.63. The third-order valence-electron chi connectivity index (χ3n) is 3.26. The van der Waals surface area contributed by atoms with E-state index < -0.39 is 0 Å². The van der Waals surface area contributed by atoms with E-state index in [0.717, 1.165) is 19.4 Å². The number of fused-ring (bicyclic) bond motifs is 1. The molecule has 1 aliphatic rings. The van der Waals surface area contributed by atoms with Gasteiger partial charge in [0.2, 0.25) is 0 Å². The summed E-state index contributed by atoms with van der Waals surface area (Å²) >= 11 is 0. The molecule has 1 unspecified atom stereocenters. The molecule has 0 bridgehead atoms. The van der Waals surface area contributed by atoms with Gasteiger partial charge in [-0.2, -0.15) is 0 Å². The van der Waals surface area contributed by atoms with E-state index in [4.69, 9.17) is 5.73 Å². The van der Waals surface area contributed by atoms with Crippen LogP contribution in [-0.2, 0) is 19.9 Å². The molecule has 0 saturated heterocycles. The van der Waals surface area contributed by atoms with Gasteiger partial charge in [0.25, 0.3) is 0 Å². The van der Waals surface area contributed by atoms with E-state index in [9.17, 15) is 0 Å². The van der Waals surface area contributed by atoms with Gasteiger partial charge in [0, 0.05) is 31.6 Å². The van der Waals surface area contributed by atoms with Crippen molar-refractivity contribution < 1.29 is 0 Å². The minimum atomic E-state index is 0.538. The lowest BCUT2D eigenvalue weighted by atomic mass is 9.90. The zero-order chi connectivity index (χ0) is 10.1. The van der Waals surface area contributed by atoms with Crippen LogP contribution in [0.1, 0.15) is 42.9 Å². The first-order valence-electron chi connectivity index (χ1n) is 5.52. The number of nitrogens with zero attached hydrogens (tertiary/aromatic N) is 2. The molecule has 2 N–H and O–H groups in total. The summed E-state index contributed by atoms with van der Waals surface area (Å²) in [6, 6.07) is 0. The predicted octanol–water partition coefficient (Wildman–Crippen LogP) is 1.36. The van der Waals surface area contributed by atoms with Gasteiger partial charge in [-0.1, -0.05) is 6.92 Å². The maximum absolute atomic E-state index is 5.80. The topological polar surface area (TPSA) is 43.8 Å². The monoisotopic (exact) mass is 193 g/mol. The summed E-state index contributed by atoms with van der Waals surface area (Å²) in [7, 11) is 2.12. The first kappa shape index (κ1) is 9.71. The van der Waals surface area contributed by atoms with E-state index in [2.05, 4.69) is 23.5 Å². The molecule has 2 rings (SSSR count). The molecule has 0 spiro atoms. The first-order valence-corrected chi connectivity index (χ1v) is 5.52. The zero-order valence-corrected chi connectivity index (χ0v) is 9.08. The Bertz CT molecular complexity index is 328. The van der Waals surface area contributed by atoms with Crippen molar-refractivity contribution in [1.82, 2.24) is 9.55 Å². The van der Waals surface area contributed by atoms with E-state index in [1.807, 2.05) is 0 Å². The van der Waals surface area contributed by atoms with Gasteiger partial charge in [-0.05, 0) is 19.3 Å². The van der Waals surface area contributed by atoms with E-state index in [1.54, 1.807) is 0 Å². The number of aryl methyl sites for hydroxylation is 2. The van der Waals surface area contributed by atoms with E-state index in [1.165, 1.54) is 30.1 Å². The van der Waals surface area contributed by atoms with Gasteiger partial charge < -0.3 is 10.3 Å². The number of imidazole rings is 1. The second kappa shape index (κ2) is 3.73. The van der Waals surface area contributed by atoms with E-state index in [0.29, 0.717) is 5.92 Å². The van der Waals surface area contributed by atoms with Crippen LogP contribution in [0.3, 0.4) is 0 Å². The number of rotatable bonds is 2. The molecule has 3 nitrogen and oxygen atoms in total. The van der Waals surface area contributed by atoms with Crippen LogP contribution < -0.4 is 5.73 Å². The molecule has 14 heavy (non-hydrogen) atoms. The normalized spacial score (nSPS) is 20.9. The highest BCUT2D eigenvalue weighted by Gasteiger charge is 2.24. The minimum Gasteiger partial charge on any atom is -0.335 e. The van der Waals surface area contributed by atoms with Gasteiger partial charge in [-0.3, -0.25) is 0 Å². The third kappa shape index (κ3) is 1.36. The fraction of sp³-hybridized carbons (Fsp3) is 0.727. The third-order valence-corrected chi connectivity index (χ3v) is 3.26. The quantitative estimate of drug-likeness (QED) is 0.770. The highest BCUT2D eigenvalue weighted by molar-refractivity contribution is 5.24. The Morgan fingerprint density at radius 2 is 2.36 bits per heavy atom. The van der Waals surface area contributed by atoms with Crippen molar-refractivity contribution in [2.24, 2.45) is 12.8 Å². The summed E-state index contributed by atoms with van der Waals surface area (Å²) in [5.41, 5.74) is 8.49. The molecule has 0 fully saturated rings. The Kier molecular flexibility index (Phi) is 2.59. The Balaban J connectivity index is 2.45. The number of aromatic nitrogens is 2. The highest BCUT2D eigenvalue weighted by atomic mass is 15.1. The SMILES string of the molecule is CCc1nc2c(n1C)C(CN)CCC2. The summed E-state index contributed by atoms with van der Waals surface area (Å²) in [6.45, 7) is 2.92. The lowest BCUT2D eigenvalue weighted by Crippen LogP contribution is -2.20. The van der Waals surface area contributed by atoms with Gasteiger partial charge in [0.05, 0.1) is 5.69 Å². The van der Waals surface area contributed by atoms with Gasteiger partial charge in [-0.15, -0.1) is 0 Å². The summed E-state index contributed by atoms with van der Waals surface area (Å²) in [5, 5.41) is 0. The van der Waals surface area contributed by atoms with Crippen molar-refractivity contribution in [3.05, 3.63) is 17.2 Å². The van der Waals surface area contributed by atoms with Gasteiger partial charge in [0.15, 0.2) is 0 Å². The van der Waals surface area contributed by atoms with E-state index >= 15 is 0 Å². The molecular weight excluding hydrogens is 174 g/mol. The van der Waals surface area contributed by atoms with Crippen LogP contribution >= 0.6 is 0 Å². The number of hydrogen-bond acceptors (Lipinski definition) is 2. The molecule has 78 valence electrons. The van der Waals surface area contributed by atoms with Crippen LogP contribution in [0.2, 0.25) is 0 Å². The summed E-state index contributed by atoms with van der Waals surface area (Å²) in [4.78, 5) is 4.67. The average molecular weight is 193 g/mol. The molecule has 1 atom stereocenters. The van der Waals surface area contributed by atoms with Crippen LogP contribution in [0, 0.1) is 0 Å². The Hall–Kier alpha value is -0.830. The second-order valence-corrected chi connectivity index (χ2v) is 4.10. The molecule has 0 radical (unpaired) electrons. The second-order valence-electron chi connectivity index (χ2n) is 4.10. The standard InChI is InChI=1S/C11H19N3/c1-3-10-13-9-6-4-5-8(7-12)11(9)14(10)2/h8H,3-7,12H2,1-2H3. The smallest absolute Gasteiger partial charge is 0.108 e. The van der Waals surface area contributed by atoms with Gasteiger partial charge in [0.1, 0.15) is 5.82 Å². The Morgan fingerprint density at radius 3 is 3.00 bits per heavy atom. The minimum absolute atomic E-state index is 0.538. The highest BCUT2D eigenvalue weighted by Crippen LogP contribution is 2.30. The summed E-state index contributed by atoms with van der Waals surface area (Å²) in [5.74, 6) is 1.74. The maximum atomic E-state index is 5.80. The Labute approximate surface area is 85.3 Å². The molecule has 0 aliphatic heterocycles. The average Bonchev–Trinajstić information content (AvgIpc) is 2.55. The van der Waals surface area contributed by atoms with Gasteiger partial charge in [-0.25, -0.2) is 4.98 Å². The fourth-order valence-electron chi connectivity index (χ4n) is 2.51. The summed E-state index contributed by atoms with van der Waals surface area (Å²) < 4.78 is 2.26. The molecule has 1 aromatic rings. The van der Waals surface area contributed by atoms with Crippen molar-refractivity contribution >= 4 is 0 Å². The molecule has 0 saturated carbocycles. The predicted molar refractivity (Wildman–Crippen MR) is 57.3 cm³/mol. The fourth-order valence-corrected chi connectivity index (χ4v) is 2.51. The van der Waals surface area contributed by atoms with Gasteiger partial charge >= 0.3 is 0 Å². The van der Waals surface area contributed by atoms with Crippen LogP contribution in [0.4, 0.5) is 0 Å².